The molecule has 0 radical (unpaired) electrons. The van der Waals surface area contributed by atoms with E-state index in [1.54, 1.807) is 4.68 Å². The molecule has 9 nitrogen and oxygen atoms in total. The van der Waals surface area contributed by atoms with Gasteiger partial charge in [-0.15, -0.1) is 0 Å². The maximum atomic E-state index is 13.5. The zero-order chi connectivity index (χ0) is 33.0. The molecule has 244 valence electrons. The molecule has 2 aromatic heterocycles. The van der Waals surface area contributed by atoms with Gasteiger partial charge in [-0.2, -0.15) is 14.8 Å². The van der Waals surface area contributed by atoms with Gasteiger partial charge in [0.2, 0.25) is 5.88 Å². The monoisotopic (exact) mass is 643 g/mol. The zero-order valence-corrected chi connectivity index (χ0v) is 28.7. The number of nitrogens with one attached hydrogen (secondary N) is 1. The average molecular weight is 644 g/mol. The Bertz CT molecular complexity index is 1640. The van der Waals surface area contributed by atoms with Gasteiger partial charge in [0.25, 0.3) is 5.95 Å². The summed E-state index contributed by atoms with van der Waals surface area (Å²) in [4.78, 5) is 22.7. The van der Waals surface area contributed by atoms with E-state index in [2.05, 4.69) is 60.7 Å². The molecular weight excluding hydrogens is 598 g/mol. The van der Waals surface area contributed by atoms with Crippen LogP contribution < -0.4 is 9.46 Å². The number of hydrogen-bond donors (Lipinski definition) is 1. The Morgan fingerprint density at radius 2 is 1.87 bits per heavy atom. The molecule has 4 bridgehead atoms. The number of nitrogens with zero attached hydrogens (tertiary/aromatic N) is 4. The summed E-state index contributed by atoms with van der Waals surface area (Å²) in [5.74, 6) is 0.986. The van der Waals surface area contributed by atoms with Crippen molar-refractivity contribution >= 4 is 23.3 Å². The van der Waals surface area contributed by atoms with Crippen LogP contribution in [0.15, 0.2) is 65.8 Å². The molecule has 1 N–H and O–H groups in total. The molecule has 1 aliphatic rings. The summed E-state index contributed by atoms with van der Waals surface area (Å²) in [6.45, 7) is 14.6. The lowest BCUT2D eigenvalue weighted by Crippen LogP contribution is -2.26. The second kappa shape index (κ2) is 14.3. The number of ether oxygens (including phenoxy) is 2. The molecule has 0 saturated heterocycles. The predicted molar refractivity (Wildman–Crippen MR) is 181 cm³/mol. The van der Waals surface area contributed by atoms with E-state index in [4.69, 9.17) is 14.5 Å². The van der Waals surface area contributed by atoms with Crippen molar-refractivity contribution in [1.29, 1.82) is 0 Å². The van der Waals surface area contributed by atoms with Crippen LogP contribution in [0.2, 0.25) is 0 Å². The lowest BCUT2D eigenvalue weighted by Gasteiger charge is -2.28. The van der Waals surface area contributed by atoms with Gasteiger partial charge in [0.05, 0.1) is 18.5 Å². The largest absolute Gasteiger partial charge is 0.588 e. The number of aromatic nitrogens is 4. The third-order valence-electron chi connectivity index (χ3n) is 8.06. The smallest absolute Gasteiger partial charge is 0.328 e. The third-order valence-corrected chi connectivity index (χ3v) is 9.11. The molecule has 46 heavy (non-hydrogen) atoms. The first kappa shape index (κ1) is 33.5. The van der Waals surface area contributed by atoms with E-state index in [9.17, 15) is 9.35 Å². The second-order valence-corrected chi connectivity index (χ2v) is 14.8. The van der Waals surface area contributed by atoms with Crippen LogP contribution in [0.4, 0.5) is 5.95 Å². The van der Waals surface area contributed by atoms with E-state index in [0.717, 1.165) is 47.1 Å². The molecule has 2 aromatic carbocycles. The Balaban J connectivity index is 1.54. The molecule has 5 rings (SSSR count). The van der Waals surface area contributed by atoms with Crippen molar-refractivity contribution in [2.24, 2.45) is 11.8 Å². The summed E-state index contributed by atoms with van der Waals surface area (Å²) in [5, 5.41) is 4.55. The van der Waals surface area contributed by atoms with Crippen molar-refractivity contribution < 1.29 is 18.8 Å². The number of rotatable bonds is 6. The number of aryl methyl sites for hydroxylation is 3. The molecule has 0 fully saturated rings. The van der Waals surface area contributed by atoms with E-state index in [1.165, 1.54) is 0 Å². The molecule has 3 heterocycles. The molecule has 0 aliphatic carbocycles. The lowest BCUT2D eigenvalue weighted by atomic mass is 9.79. The van der Waals surface area contributed by atoms with Crippen molar-refractivity contribution in [3.63, 3.8) is 0 Å². The first-order valence-corrected chi connectivity index (χ1v) is 17.1. The number of carbonyl (C=O) groups is 1. The van der Waals surface area contributed by atoms with Crippen molar-refractivity contribution in [3.8, 4) is 17.1 Å². The number of hydrogen-bond acceptors (Lipinski definition) is 8. The topological polar surface area (TPSA) is 114 Å². The van der Waals surface area contributed by atoms with Gasteiger partial charge in [-0.1, -0.05) is 44.2 Å². The highest BCUT2D eigenvalue weighted by Gasteiger charge is 2.28. The first-order chi connectivity index (χ1) is 21.8. The van der Waals surface area contributed by atoms with Gasteiger partial charge in [-0.3, -0.25) is 9.48 Å². The van der Waals surface area contributed by atoms with E-state index in [0.29, 0.717) is 29.0 Å². The minimum Gasteiger partial charge on any atom is -0.588 e. The molecule has 2 unspecified atom stereocenters. The van der Waals surface area contributed by atoms with Gasteiger partial charge in [0, 0.05) is 23.7 Å². The second-order valence-electron chi connectivity index (χ2n) is 13.6. The van der Waals surface area contributed by atoms with Crippen LogP contribution in [0, 0.1) is 25.7 Å². The Labute approximate surface area is 275 Å². The Kier molecular flexibility index (Phi) is 10.4. The predicted octanol–water partition coefficient (Wildman–Crippen LogP) is 7.20. The van der Waals surface area contributed by atoms with Gasteiger partial charge in [0.15, 0.2) is 4.90 Å². The maximum Gasteiger partial charge on any atom is 0.328 e. The number of carbonyl (C=O) groups excluding carboxylic acids is 1. The first-order valence-electron chi connectivity index (χ1n) is 15.9. The van der Waals surface area contributed by atoms with E-state index in [1.807, 2.05) is 63.5 Å². The normalized spacial score (nSPS) is 18.8. The van der Waals surface area contributed by atoms with Crippen molar-refractivity contribution in [1.82, 2.24) is 19.7 Å². The van der Waals surface area contributed by atoms with E-state index < -0.39 is 17.0 Å². The highest BCUT2D eigenvalue weighted by molar-refractivity contribution is 7.92. The van der Waals surface area contributed by atoms with Crippen LogP contribution in [0.1, 0.15) is 75.6 Å². The van der Waals surface area contributed by atoms with Crippen molar-refractivity contribution in [3.05, 3.63) is 83.2 Å². The molecule has 3 atom stereocenters. The highest BCUT2D eigenvalue weighted by atomic mass is 32.2. The standard InChI is InChI=1S/C36H45N5O4S/c1-23(2)16-27-22-44-32-18-31(34-24(3)10-8-11-25(34)4)38-35(39-32)40-46(43)29-13-9-12-26(17-29)14-15-30(27)28-19-37-41(20-28)21-33(42)45-36(5,6)7/h8-13,17-20,23,27,30H,14-16,21-22H2,1-7H3,(H,38,39,40)/t27-,30?,46?/m1/s1. The van der Waals surface area contributed by atoms with Gasteiger partial charge in [-0.05, 0) is 100 Å². The summed E-state index contributed by atoms with van der Waals surface area (Å²) in [5.41, 5.74) is 5.45. The van der Waals surface area contributed by atoms with E-state index >= 15 is 0 Å². The van der Waals surface area contributed by atoms with Crippen LogP contribution in [-0.4, -0.2) is 42.5 Å². The lowest BCUT2D eigenvalue weighted by molar-refractivity contribution is -0.155. The Hall–Kier alpha value is -3.89. The molecule has 10 heteroatoms. The molecular formula is C36H45N5O4S. The van der Waals surface area contributed by atoms with Crippen LogP contribution in [0.25, 0.3) is 11.3 Å². The molecule has 0 spiro atoms. The summed E-state index contributed by atoms with van der Waals surface area (Å²) < 4.78 is 30.2. The third kappa shape index (κ3) is 8.67. The number of anilines is 1. The van der Waals surface area contributed by atoms with Crippen molar-refractivity contribution in [2.75, 3.05) is 11.3 Å². The molecule has 4 aromatic rings. The van der Waals surface area contributed by atoms with Crippen LogP contribution in [0.5, 0.6) is 5.88 Å². The summed E-state index contributed by atoms with van der Waals surface area (Å²) in [6, 6.07) is 15.9. The van der Waals surface area contributed by atoms with E-state index in [-0.39, 0.29) is 30.3 Å². The van der Waals surface area contributed by atoms with Crippen LogP contribution in [0.3, 0.4) is 0 Å². The zero-order valence-electron chi connectivity index (χ0n) is 27.9. The van der Waals surface area contributed by atoms with Gasteiger partial charge >= 0.3 is 5.97 Å². The molecule has 0 saturated carbocycles. The number of fused-ring (bicyclic) bond motifs is 4. The van der Waals surface area contributed by atoms with Crippen molar-refractivity contribution in [2.45, 2.75) is 90.7 Å². The highest BCUT2D eigenvalue weighted by Crippen LogP contribution is 2.36. The summed E-state index contributed by atoms with van der Waals surface area (Å²) >= 11 is -1.58. The molecule has 1 aliphatic heterocycles. The maximum absolute atomic E-state index is 13.5. The molecule has 0 amide bonds. The minimum atomic E-state index is -1.58. The quantitative estimate of drug-likeness (QED) is 0.173. The SMILES string of the molecule is Cc1cccc(C)c1-c1cc2nc(n1)N[S+]([O-])c1cccc(c1)CCC(c1cnn(CC(=O)OC(C)(C)C)c1)[C@H](CC(C)C)CO2. The average Bonchev–Trinajstić information content (AvgIpc) is 3.42. The Morgan fingerprint density at radius 1 is 1.13 bits per heavy atom. The van der Waals surface area contributed by atoms with Crippen LogP contribution >= 0.6 is 0 Å². The fourth-order valence-corrected chi connectivity index (χ4v) is 6.99. The Morgan fingerprint density at radius 3 is 2.59 bits per heavy atom. The van der Waals surface area contributed by atoms with Crippen LogP contribution in [-0.2, 0) is 33.9 Å². The number of benzene rings is 2. The fraction of sp³-hybridized carbons (Fsp3) is 0.444. The van der Waals surface area contributed by atoms with Gasteiger partial charge < -0.3 is 14.0 Å². The minimum absolute atomic E-state index is 0.0427. The van der Waals surface area contributed by atoms with Gasteiger partial charge in [-0.25, -0.2) is 4.98 Å². The fourth-order valence-electron chi connectivity index (χ4n) is 6.16. The number of esters is 1. The summed E-state index contributed by atoms with van der Waals surface area (Å²) in [7, 11) is 0. The summed E-state index contributed by atoms with van der Waals surface area (Å²) in [6.07, 6.45) is 6.35. The van der Waals surface area contributed by atoms with Gasteiger partial charge in [0.1, 0.15) is 23.5 Å².